The van der Waals surface area contributed by atoms with Crippen LogP contribution in [0.4, 0.5) is 11.6 Å². The predicted octanol–water partition coefficient (Wildman–Crippen LogP) is 2.61. The van der Waals surface area contributed by atoms with Gasteiger partial charge in [-0.05, 0) is 43.0 Å². The predicted molar refractivity (Wildman–Crippen MR) is 154 cm³/mol. The normalized spacial score (nSPS) is 19.8. The van der Waals surface area contributed by atoms with E-state index in [1.54, 1.807) is 11.9 Å². The van der Waals surface area contributed by atoms with Crippen LogP contribution in [0.2, 0.25) is 0 Å². The Morgan fingerprint density at radius 1 is 1.00 bits per heavy atom. The fourth-order valence-corrected chi connectivity index (χ4v) is 6.16. The molecule has 39 heavy (non-hydrogen) atoms. The number of anilines is 2. The van der Waals surface area contributed by atoms with Crippen molar-refractivity contribution in [1.29, 1.82) is 0 Å². The Labute approximate surface area is 233 Å². The molecule has 6 rings (SSSR count). The first-order valence-corrected chi connectivity index (χ1v) is 14.0. The molecule has 2 aliphatic rings. The summed E-state index contributed by atoms with van der Waals surface area (Å²) in [4.78, 5) is 49.9. The van der Waals surface area contributed by atoms with Gasteiger partial charge in [0.1, 0.15) is 6.04 Å². The zero-order chi connectivity index (χ0) is 27.3. The summed E-state index contributed by atoms with van der Waals surface area (Å²) in [6.45, 7) is 2.15. The lowest BCUT2D eigenvalue weighted by molar-refractivity contribution is -0.120. The smallest absolute Gasteiger partial charge is 0.333 e. The number of nitrogens with zero attached hydrogens (tertiary/aromatic N) is 6. The van der Waals surface area contributed by atoms with Gasteiger partial charge in [-0.25, -0.2) is 9.36 Å². The number of hydrogen-bond acceptors (Lipinski definition) is 6. The molecule has 2 N–H and O–H groups in total. The van der Waals surface area contributed by atoms with E-state index in [9.17, 15) is 14.4 Å². The van der Waals surface area contributed by atoms with E-state index in [0.717, 1.165) is 39.7 Å². The van der Waals surface area contributed by atoms with E-state index in [4.69, 9.17) is 10.7 Å². The molecule has 2 saturated heterocycles. The maximum absolute atomic E-state index is 14.2. The van der Waals surface area contributed by atoms with Gasteiger partial charge in [-0.3, -0.25) is 18.7 Å². The lowest BCUT2D eigenvalue weighted by atomic mass is 10.1. The van der Waals surface area contributed by atoms with Gasteiger partial charge in [0.05, 0.1) is 6.54 Å². The number of carbonyl (C=O) groups is 1. The number of halogens is 1. The minimum Gasteiger partial charge on any atom is -0.341 e. The summed E-state index contributed by atoms with van der Waals surface area (Å²) < 4.78 is 5.29. The second kappa shape index (κ2) is 10.1. The molecule has 2 aromatic heterocycles. The second-order valence-corrected chi connectivity index (χ2v) is 11.1. The highest BCUT2D eigenvalue weighted by Crippen LogP contribution is 2.29. The Morgan fingerprint density at radius 3 is 2.49 bits per heavy atom. The van der Waals surface area contributed by atoms with Crippen molar-refractivity contribution in [1.82, 2.24) is 18.7 Å². The van der Waals surface area contributed by atoms with Crippen LogP contribution in [0, 0.1) is 0 Å². The lowest BCUT2D eigenvalue weighted by Gasteiger charge is -2.32. The van der Waals surface area contributed by atoms with Crippen LogP contribution >= 0.6 is 15.9 Å². The molecule has 2 fully saturated rings. The fourth-order valence-electron chi connectivity index (χ4n) is 5.75. The summed E-state index contributed by atoms with van der Waals surface area (Å²) in [5, 5.41) is 0. The average Bonchev–Trinajstić information content (AvgIpc) is 3.50. The molecule has 10 nitrogen and oxygen atoms in total. The van der Waals surface area contributed by atoms with Crippen LogP contribution in [-0.4, -0.2) is 50.3 Å². The van der Waals surface area contributed by atoms with Gasteiger partial charge in [-0.15, -0.1) is 0 Å². The largest absolute Gasteiger partial charge is 0.341 e. The third-order valence-corrected chi connectivity index (χ3v) is 8.52. The average molecular weight is 592 g/mol. The quantitative estimate of drug-likeness (QED) is 0.382. The number of imidazole rings is 1. The molecule has 4 heterocycles. The molecule has 2 unspecified atom stereocenters. The van der Waals surface area contributed by atoms with Crippen LogP contribution in [-0.2, 0) is 18.4 Å². The van der Waals surface area contributed by atoms with Gasteiger partial charge in [-0.1, -0.05) is 52.3 Å². The highest BCUT2D eigenvalue weighted by molar-refractivity contribution is 9.10. The molecule has 0 radical (unpaired) electrons. The minimum atomic E-state index is -0.889. The van der Waals surface area contributed by atoms with Gasteiger partial charge in [0, 0.05) is 42.9 Å². The first-order valence-electron chi connectivity index (χ1n) is 13.2. The van der Waals surface area contributed by atoms with Gasteiger partial charge >= 0.3 is 5.69 Å². The number of amides is 1. The van der Waals surface area contributed by atoms with Crippen LogP contribution < -0.4 is 26.8 Å². The molecule has 0 saturated carbocycles. The lowest BCUT2D eigenvalue weighted by Crippen LogP contribution is -2.45. The Bertz CT molecular complexity index is 1680. The maximum atomic E-state index is 14.2. The number of piperidine rings is 1. The van der Waals surface area contributed by atoms with Crippen molar-refractivity contribution in [3.8, 4) is 0 Å². The number of fused-ring (bicyclic) bond motifs is 1. The molecular weight excluding hydrogens is 562 g/mol. The summed E-state index contributed by atoms with van der Waals surface area (Å²) in [7, 11) is 1.61. The molecule has 11 heteroatoms. The SMILES string of the molecule is Cn1c(=O)n(C2CCN(c3ccccc3)C2=O)c(=O)c2c1nc(N1CCCC(N)C1)n2Cc1ccccc1Br. The number of para-hydroxylation sites is 1. The Morgan fingerprint density at radius 2 is 1.74 bits per heavy atom. The highest BCUT2D eigenvalue weighted by atomic mass is 79.9. The van der Waals surface area contributed by atoms with Crippen molar-refractivity contribution < 1.29 is 4.79 Å². The van der Waals surface area contributed by atoms with E-state index >= 15 is 0 Å². The van der Waals surface area contributed by atoms with Crippen molar-refractivity contribution in [2.45, 2.75) is 37.9 Å². The number of benzene rings is 2. The first kappa shape index (κ1) is 25.6. The van der Waals surface area contributed by atoms with Gasteiger partial charge in [-0.2, -0.15) is 4.98 Å². The third-order valence-electron chi connectivity index (χ3n) is 7.74. The molecule has 4 aromatic rings. The number of rotatable bonds is 5. The van der Waals surface area contributed by atoms with E-state index in [1.165, 1.54) is 4.57 Å². The molecule has 0 aliphatic carbocycles. The maximum Gasteiger partial charge on any atom is 0.333 e. The molecule has 0 bridgehead atoms. The van der Waals surface area contributed by atoms with E-state index in [-0.39, 0.29) is 11.9 Å². The number of aryl methyl sites for hydroxylation is 1. The van der Waals surface area contributed by atoms with E-state index in [0.29, 0.717) is 43.2 Å². The van der Waals surface area contributed by atoms with E-state index in [1.807, 2.05) is 59.2 Å². The van der Waals surface area contributed by atoms with Crippen LogP contribution in [0.5, 0.6) is 0 Å². The molecular formula is C28H30BrN7O3. The van der Waals surface area contributed by atoms with Gasteiger partial charge in [0.25, 0.3) is 5.56 Å². The highest BCUT2D eigenvalue weighted by Gasteiger charge is 2.37. The van der Waals surface area contributed by atoms with Crippen molar-refractivity contribution in [2.75, 3.05) is 29.4 Å². The standard InChI is InChI=1S/C28H30BrN7O3/c1-32-24-23(26(38)36(28(32)39)22-13-15-34(25(22)37)20-10-3-2-4-11-20)35(16-18-8-5-6-12-21(18)29)27(31-24)33-14-7-9-19(30)17-33/h2-6,8,10-12,19,22H,7,9,13-17,30H2,1H3. The topological polar surface area (TPSA) is 111 Å². The number of carbonyl (C=O) groups excluding carboxylic acids is 1. The number of hydrogen-bond donors (Lipinski definition) is 1. The van der Waals surface area contributed by atoms with Crippen molar-refractivity contribution in [3.63, 3.8) is 0 Å². The summed E-state index contributed by atoms with van der Waals surface area (Å²) in [5.74, 6) is 0.336. The van der Waals surface area contributed by atoms with Gasteiger partial charge in [0.15, 0.2) is 11.2 Å². The zero-order valence-electron chi connectivity index (χ0n) is 21.7. The molecule has 2 atom stereocenters. The Hall–Kier alpha value is -3.70. The third kappa shape index (κ3) is 4.39. The van der Waals surface area contributed by atoms with E-state index < -0.39 is 17.3 Å². The molecule has 202 valence electrons. The van der Waals surface area contributed by atoms with Crippen molar-refractivity contribution in [2.24, 2.45) is 12.8 Å². The zero-order valence-corrected chi connectivity index (χ0v) is 23.2. The molecule has 0 spiro atoms. The Kier molecular flexibility index (Phi) is 6.64. The molecule has 2 aliphatic heterocycles. The number of aromatic nitrogens is 4. The van der Waals surface area contributed by atoms with Crippen LogP contribution in [0.15, 0.2) is 68.7 Å². The summed E-state index contributed by atoms with van der Waals surface area (Å²) in [5.41, 5.74) is 7.56. The molecule has 1 amide bonds. The fraction of sp³-hybridized carbons (Fsp3) is 0.357. The minimum absolute atomic E-state index is 0.00368. The monoisotopic (exact) mass is 591 g/mol. The van der Waals surface area contributed by atoms with E-state index in [2.05, 4.69) is 20.8 Å². The second-order valence-electron chi connectivity index (χ2n) is 10.3. The summed E-state index contributed by atoms with van der Waals surface area (Å²) in [6, 6.07) is 16.2. The first-order chi connectivity index (χ1) is 18.8. The summed E-state index contributed by atoms with van der Waals surface area (Å²) >= 11 is 3.63. The molecule has 2 aromatic carbocycles. The van der Waals surface area contributed by atoms with Crippen LogP contribution in [0.25, 0.3) is 11.2 Å². The van der Waals surface area contributed by atoms with Crippen molar-refractivity contribution >= 4 is 44.6 Å². The number of nitrogens with two attached hydrogens (primary N) is 1. The summed E-state index contributed by atoms with van der Waals surface area (Å²) in [6.07, 6.45) is 2.20. The van der Waals surface area contributed by atoms with Crippen LogP contribution in [0.1, 0.15) is 30.9 Å². The van der Waals surface area contributed by atoms with Crippen molar-refractivity contribution in [3.05, 3.63) is 85.5 Å². The Balaban J connectivity index is 1.53. The van der Waals surface area contributed by atoms with Gasteiger partial charge < -0.3 is 15.5 Å². The van der Waals surface area contributed by atoms with Crippen LogP contribution in [0.3, 0.4) is 0 Å². The van der Waals surface area contributed by atoms with Gasteiger partial charge in [0.2, 0.25) is 11.9 Å².